The van der Waals surface area contributed by atoms with Crippen LogP contribution >= 0.6 is 11.6 Å². The summed E-state index contributed by atoms with van der Waals surface area (Å²) in [4.78, 5) is 37.3. The normalized spacial score (nSPS) is 17.3. The highest BCUT2D eigenvalue weighted by Gasteiger charge is 2.28. The van der Waals surface area contributed by atoms with E-state index in [1.165, 1.54) is 4.90 Å². The van der Waals surface area contributed by atoms with Crippen molar-refractivity contribution in [3.63, 3.8) is 0 Å². The lowest BCUT2D eigenvalue weighted by molar-refractivity contribution is -0.137. The monoisotopic (exact) mass is 378 g/mol. The summed E-state index contributed by atoms with van der Waals surface area (Å²) in [6.45, 7) is 2.08. The number of hydrogen-bond donors (Lipinski definition) is 1. The van der Waals surface area contributed by atoms with Crippen LogP contribution in [0.2, 0.25) is 5.02 Å². The van der Waals surface area contributed by atoms with Crippen LogP contribution in [0.5, 0.6) is 0 Å². The second-order valence-corrected chi connectivity index (χ2v) is 6.79. The summed E-state index contributed by atoms with van der Waals surface area (Å²) in [5.74, 6) is -1.81. The zero-order chi connectivity index (χ0) is 18.8. The number of rotatable bonds is 4. The molecule has 2 aromatic rings. The zero-order valence-electron chi connectivity index (χ0n) is 14.3. The van der Waals surface area contributed by atoms with Crippen molar-refractivity contribution in [1.82, 2.24) is 4.90 Å². The number of carbonyl (C=O) groups is 3. The third-order valence-corrected chi connectivity index (χ3v) is 4.82. The fourth-order valence-corrected chi connectivity index (χ4v) is 3.28. The van der Waals surface area contributed by atoms with Crippen molar-refractivity contribution < 1.29 is 23.5 Å². The topological polar surface area (TPSA) is 103 Å². The molecule has 0 unspecified atom stereocenters. The van der Waals surface area contributed by atoms with Crippen molar-refractivity contribution in [3.05, 3.63) is 34.5 Å². The molecule has 1 aliphatic heterocycles. The average Bonchev–Trinajstić information content (AvgIpc) is 2.96. The van der Waals surface area contributed by atoms with Gasteiger partial charge in [0.1, 0.15) is 5.58 Å². The lowest BCUT2D eigenvalue weighted by atomic mass is 9.97. The Balaban J connectivity index is 1.64. The number of ether oxygens (including phenoxy) is 1. The first-order valence-corrected chi connectivity index (χ1v) is 8.67. The number of piperidine rings is 1. The average molecular weight is 379 g/mol. The minimum absolute atomic E-state index is 0.0451. The van der Waals surface area contributed by atoms with Gasteiger partial charge in [-0.2, -0.15) is 0 Å². The van der Waals surface area contributed by atoms with E-state index in [-0.39, 0.29) is 24.1 Å². The highest BCUT2D eigenvalue weighted by atomic mass is 35.5. The molecule has 26 heavy (non-hydrogen) atoms. The lowest BCUT2D eigenvalue weighted by Gasteiger charge is -2.30. The Morgan fingerprint density at radius 3 is 2.88 bits per heavy atom. The lowest BCUT2D eigenvalue weighted by Crippen LogP contribution is -2.45. The standard InChI is InChI=1S/C18H19ClN2O5/c1-10-13-7-12(19)4-5-14(13)26-16(10)18(24)25-9-15(22)21-6-2-3-11(8-21)17(20)23/h4-5,7,11H,2-3,6,8-9H2,1H3,(H2,20,23)/t11-/m0/s1. The number of carbonyl (C=O) groups excluding carboxylic acids is 3. The summed E-state index contributed by atoms with van der Waals surface area (Å²) in [6, 6.07) is 5.04. The number of benzene rings is 1. The van der Waals surface area contributed by atoms with Crippen LogP contribution in [0.15, 0.2) is 22.6 Å². The van der Waals surface area contributed by atoms with Crippen molar-refractivity contribution >= 4 is 40.4 Å². The molecule has 2 amide bonds. The van der Waals surface area contributed by atoms with Gasteiger partial charge in [-0.15, -0.1) is 0 Å². The highest BCUT2D eigenvalue weighted by Crippen LogP contribution is 2.28. The molecule has 0 bridgehead atoms. The number of aryl methyl sites for hydroxylation is 1. The molecule has 1 atom stereocenters. The Bertz CT molecular complexity index is 876. The molecule has 0 radical (unpaired) electrons. The van der Waals surface area contributed by atoms with E-state index in [1.54, 1.807) is 25.1 Å². The number of esters is 1. The van der Waals surface area contributed by atoms with Crippen LogP contribution in [0.1, 0.15) is 29.0 Å². The summed E-state index contributed by atoms with van der Waals surface area (Å²) in [6.07, 6.45) is 1.36. The van der Waals surface area contributed by atoms with Gasteiger partial charge < -0.3 is 19.8 Å². The second kappa shape index (κ2) is 7.37. The van der Waals surface area contributed by atoms with Crippen LogP contribution < -0.4 is 5.73 Å². The molecule has 2 N–H and O–H groups in total. The predicted molar refractivity (Wildman–Crippen MR) is 94.7 cm³/mol. The van der Waals surface area contributed by atoms with E-state index in [2.05, 4.69) is 0 Å². The smallest absolute Gasteiger partial charge is 0.375 e. The first kappa shape index (κ1) is 18.3. The van der Waals surface area contributed by atoms with Gasteiger partial charge in [-0.3, -0.25) is 9.59 Å². The maximum Gasteiger partial charge on any atom is 0.375 e. The summed E-state index contributed by atoms with van der Waals surface area (Å²) >= 11 is 5.96. The summed E-state index contributed by atoms with van der Waals surface area (Å²) in [5, 5.41) is 1.25. The molecule has 1 fully saturated rings. The Hall–Kier alpha value is -2.54. The van der Waals surface area contributed by atoms with Crippen LogP contribution in [-0.2, 0) is 14.3 Å². The molecular formula is C18H19ClN2O5. The number of amides is 2. The molecule has 1 aromatic heterocycles. The largest absolute Gasteiger partial charge is 0.450 e. The molecular weight excluding hydrogens is 360 g/mol. The number of hydrogen-bond acceptors (Lipinski definition) is 5. The van der Waals surface area contributed by atoms with Crippen LogP contribution in [0.4, 0.5) is 0 Å². The Labute approximate surface area is 155 Å². The zero-order valence-corrected chi connectivity index (χ0v) is 15.0. The first-order valence-electron chi connectivity index (χ1n) is 8.29. The van der Waals surface area contributed by atoms with E-state index < -0.39 is 18.5 Å². The Morgan fingerprint density at radius 1 is 1.38 bits per heavy atom. The van der Waals surface area contributed by atoms with Crippen LogP contribution in [0, 0.1) is 12.8 Å². The summed E-state index contributed by atoms with van der Waals surface area (Å²) in [7, 11) is 0. The number of likely N-dealkylation sites (tertiary alicyclic amines) is 1. The van der Waals surface area contributed by atoms with Gasteiger partial charge in [0.15, 0.2) is 6.61 Å². The molecule has 0 aliphatic carbocycles. The molecule has 8 heteroatoms. The number of nitrogens with two attached hydrogens (primary N) is 1. The molecule has 138 valence electrons. The Kier molecular flexibility index (Phi) is 5.18. The maximum atomic E-state index is 12.3. The molecule has 1 saturated heterocycles. The van der Waals surface area contributed by atoms with E-state index in [0.717, 1.165) is 5.39 Å². The summed E-state index contributed by atoms with van der Waals surface area (Å²) < 4.78 is 10.6. The summed E-state index contributed by atoms with van der Waals surface area (Å²) in [5.41, 5.74) is 6.43. The van der Waals surface area contributed by atoms with Crippen LogP contribution in [0.25, 0.3) is 11.0 Å². The van der Waals surface area contributed by atoms with Gasteiger partial charge >= 0.3 is 5.97 Å². The van der Waals surface area contributed by atoms with Gasteiger partial charge in [-0.05, 0) is 38.0 Å². The van der Waals surface area contributed by atoms with E-state index in [9.17, 15) is 14.4 Å². The van der Waals surface area contributed by atoms with E-state index >= 15 is 0 Å². The molecule has 1 aliphatic rings. The van der Waals surface area contributed by atoms with Gasteiger partial charge in [-0.1, -0.05) is 11.6 Å². The van der Waals surface area contributed by atoms with Crippen molar-refractivity contribution in [2.75, 3.05) is 19.7 Å². The molecule has 0 spiro atoms. The first-order chi connectivity index (χ1) is 12.4. The Morgan fingerprint density at radius 2 is 2.15 bits per heavy atom. The third kappa shape index (κ3) is 3.67. The minimum atomic E-state index is -0.716. The van der Waals surface area contributed by atoms with Crippen molar-refractivity contribution in [2.45, 2.75) is 19.8 Å². The van der Waals surface area contributed by atoms with Gasteiger partial charge in [0.05, 0.1) is 5.92 Å². The second-order valence-electron chi connectivity index (χ2n) is 6.35. The molecule has 3 rings (SSSR count). The fraction of sp³-hybridized carbons (Fsp3) is 0.389. The molecule has 0 saturated carbocycles. The van der Waals surface area contributed by atoms with Crippen LogP contribution in [0.3, 0.4) is 0 Å². The fourth-order valence-electron chi connectivity index (χ4n) is 3.11. The number of fused-ring (bicyclic) bond motifs is 1. The van der Waals surface area contributed by atoms with Crippen molar-refractivity contribution in [1.29, 1.82) is 0 Å². The highest BCUT2D eigenvalue weighted by molar-refractivity contribution is 6.31. The molecule has 2 heterocycles. The number of primary amides is 1. The SMILES string of the molecule is Cc1c(C(=O)OCC(=O)N2CCC[C@H](C(N)=O)C2)oc2ccc(Cl)cc12. The number of halogens is 1. The van der Waals surface area contributed by atoms with Crippen LogP contribution in [-0.4, -0.2) is 42.4 Å². The molecule has 7 nitrogen and oxygen atoms in total. The van der Waals surface area contributed by atoms with Gasteiger partial charge in [0.25, 0.3) is 5.91 Å². The van der Waals surface area contributed by atoms with Gasteiger partial charge in [0.2, 0.25) is 11.7 Å². The van der Waals surface area contributed by atoms with Gasteiger partial charge in [0, 0.05) is 29.1 Å². The third-order valence-electron chi connectivity index (χ3n) is 4.59. The number of nitrogens with zero attached hydrogens (tertiary/aromatic N) is 1. The minimum Gasteiger partial charge on any atom is -0.450 e. The van der Waals surface area contributed by atoms with Crippen molar-refractivity contribution in [2.24, 2.45) is 11.7 Å². The van der Waals surface area contributed by atoms with E-state index in [1.807, 2.05) is 0 Å². The quantitative estimate of drug-likeness (QED) is 0.822. The maximum absolute atomic E-state index is 12.3. The van der Waals surface area contributed by atoms with Crippen molar-refractivity contribution in [3.8, 4) is 0 Å². The van der Waals surface area contributed by atoms with E-state index in [4.69, 9.17) is 26.5 Å². The predicted octanol–water partition coefficient (Wildman–Crippen LogP) is 2.28. The van der Waals surface area contributed by atoms with Gasteiger partial charge in [-0.25, -0.2) is 4.79 Å². The number of furan rings is 1. The van der Waals surface area contributed by atoms with E-state index in [0.29, 0.717) is 35.6 Å². The molecule has 1 aromatic carbocycles.